The summed E-state index contributed by atoms with van der Waals surface area (Å²) in [5, 5.41) is 0. The van der Waals surface area contributed by atoms with Crippen LogP contribution in [0.5, 0.6) is 5.75 Å². The highest BCUT2D eigenvalue weighted by molar-refractivity contribution is 5.68. The Hall–Kier alpha value is -1.91. The lowest BCUT2D eigenvalue weighted by atomic mass is 9.88. The second kappa shape index (κ2) is 7.98. The Kier molecular flexibility index (Phi) is 6.20. The topological polar surface area (TPSA) is 64.8 Å². The molecule has 1 heterocycles. The molecule has 0 bridgehead atoms. The number of nitrogen functional groups attached to an aromatic ring is 1. The van der Waals surface area contributed by atoms with Gasteiger partial charge in [0.05, 0.1) is 6.61 Å². The van der Waals surface area contributed by atoms with Crippen LogP contribution in [0.4, 0.5) is 10.5 Å². The lowest BCUT2D eigenvalue weighted by molar-refractivity contribution is 0.0205. The fourth-order valence-electron chi connectivity index (χ4n) is 2.98. The lowest BCUT2D eigenvalue weighted by Gasteiger charge is -2.34. The highest BCUT2D eigenvalue weighted by Crippen LogP contribution is 2.34. The number of rotatable bonds is 4. The number of piperidine rings is 1. The highest BCUT2D eigenvalue weighted by atomic mass is 16.6. The molecule has 140 valence electrons. The Labute approximate surface area is 151 Å². The van der Waals surface area contributed by atoms with Gasteiger partial charge in [0, 0.05) is 24.8 Å². The SMILES string of the molecule is CC(C)COc1ccc(C2CCN(C(=O)OC(C)(C)C)CC2)c(N)c1. The van der Waals surface area contributed by atoms with Crippen LogP contribution < -0.4 is 10.5 Å². The molecule has 0 spiro atoms. The van der Waals surface area contributed by atoms with Gasteiger partial charge in [-0.1, -0.05) is 19.9 Å². The first-order valence-corrected chi connectivity index (χ1v) is 9.16. The zero-order valence-corrected chi connectivity index (χ0v) is 16.2. The molecule has 1 amide bonds. The van der Waals surface area contributed by atoms with E-state index in [2.05, 4.69) is 19.9 Å². The summed E-state index contributed by atoms with van der Waals surface area (Å²) >= 11 is 0. The first-order valence-electron chi connectivity index (χ1n) is 9.16. The van der Waals surface area contributed by atoms with Gasteiger partial charge in [-0.2, -0.15) is 0 Å². The average molecular weight is 348 g/mol. The number of amides is 1. The molecule has 0 aliphatic carbocycles. The van der Waals surface area contributed by atoms with Crippen LogP contribution in [-0.2, 0) is 4.74 Å². The third-order valence-corrected chi connectivity index (χ3v) is 4.23. The minimum atomic E-state index is -0.454. The average Bonchev–Trinajstić information content (AvgIpc) is 2.51. The number of hydrogen-bond acceptors (Lipinski definition) is 4. The van der Waals surface area contributed by atoms with Crippen molar-refractivity contribution in [3.05, 3.63) is 23.8 Å². The number of carbonyl (C=O) groups is 1. The van der Waals surface area contributed by atoms with Crippen LogP contribution >= 0.6 is 0 Å². The molecule has 5 heteroatoms. The van der Waals surface area contributed by atoms with Crippen molar-refractivity contribution >= 4 is 11.8 Å². The lowest BCUT2D eigenvalue weighted by Crippen LogP contribution is -2.41. The van der Waals surface area contributed by atoms with E-state index in [1.165, 1.54) is 0 Å². The van der Waals surface area contributed by atoms with E-state index in [1.807, 2.05) is 32.9 Å². The number of nitrogens with two attached hydrogens (primary N) is 1. The molecule has 1 saturated heterocycles. The molecule has 1 aliphatic heterocycles. The van der Waals surface area contributed by atoms with Gasteiger partial charge in [-0.25, -0.2) is 4.79 Å². The first-order chi connectivity index (χ1) is 11.7. The molecule has 0 radical (unpaired) electrons. The Bertz CT molecular complexity index is 585. The van der Waals surface area contributed by atoms with Crippen molar-refractivity contribution in [3.63, 3.8) is 0 Å². The molecule has 2 rings (SSSR count). The number of carbonyl (C=O) groups excluding carboxylic acids is 1. The van der Waals surface area contributed by atoms with Gasteiger partial charge < -0.3 is 20.1 Å². The summed E-state index contributed by atoms with van der Waals surface area (Å²) < 4.78 is 11.2. The van der Waals surface area contributed by atoms with E-state index in [-0.39, 0.29) is 6.09 Å². The summed E-state index contributed by atoms with van der Waals surface area (Å²) in [6.07, 6.45) is 1.57. The summed E-state index contributed by atoms with van der Waals surface area (Å²) in [7, 11) is 0. The van der Waals surface area contributed by atoms with E-state index < -0.39 is 5.60 Å². The van der Waals surface area contributed by atoms with Crippen LogP contribution in [0, 0.1) is 5.92 Å². The van der Waals surface area contributed by atoms with E-state index in [0.717, 1.165) is 29.8 Å². The minimum absolute atomic E-state index is 0.226. The second-order valence-corrected chi connectivity index (χ2v) is 8.24. The molecule has 1 fully saturated rings. The number of benzene rings is 1. The number of nitrogens with zero attached hydrogens (tertiary/aromatic N) is 1. The number of anilines is 1. The molecule has 1 aromatic carbocycles. The van der Waals surface area contributed by atoms with Crippen LogP contribution in [-0.4, -0.2) is 36.3 Å². The zero-order valence-electron chi connectivity index (χ0n) is 16.2. The smallest absolute Gasteiger partial charge is 0.410 e. The Balaban J connectivity index is 1.93. The molecular weight excluding hydrogens is 316 g/mol. The Morgan fingerprint density at radius 1 is 1.28 bits per heavy atom. The van der Waals surface area contributed by atoms with E-state index in [4.69, 9.17) is 15.2 Å². The quantitative estimate of drug-likeness (QED) is 0.818. The van der Waals surface area contributed by atoms with Crippen LogP contribution in [0.3, 0.4) is 0 Å². The third kappa shape index (κ3) is 5.83. The molecule has 5 nitrogen and oxygen atoms in total. The largest absolute Gasteiger partial charge is 0.493 e. The van der Waals surface area contributed by atoms with Crippen LogP contribution in [0.1, 0.15) is 58.9 Å². The highest BCUT2D eigenvalue weighted by Gasteiger charge is 2.28. The van der Waals surface area contributed by atoms with Gasteiger partial charge >= 0.3 is 6.09 Å². The molecular formula is C20H32N2O3. The monoisotopic (exact) mass is 348 g/mol. The normalized spacial score (nSPS) is 16.2. The maximum Gasteiger partial charge on any atom is 0.410 e. The van der Waals surface area contributed by atoms with Gasteiger partial charge in [0.15, 0.2) is 0 Å². The van der Waals surface area contributed by atoms with E-state index in [9.17, 15) is 4.79 Å². The van der Waals surface area contributed by atoms with Gasteiger partial charge in [0.2, 0.25) is 0 Å². The number of likely N-dealkylation sites (tertiary alicyclic amines) is 1. The van der Waals surface area contributed by atoms with Gasteiger partial charge in [-0.3, -0.25) is 0 Å². The first kappa shape index (κ1) is 19.4. The summed E-state index contributed by atoms with van der Waals surface area (Å²) in [4.78, 5) is 13.9. The zero-order chi connectivity index (χ0) is 18.6. The fraction of sp³-hybridized carbons (Fsp3) is 0.650. The third-order valence-electron chi connectivity index (χ3n) is 4.23. The van der Waals surface area contributed by atoms with E-state index in [0.29, 0.717) is 31.5 Å². The molecule has 1 aliphatic rings. The van der Waals surface area contributed by atoms with Crippen molar-refractivity contribution in [2.75, 3.05) is 25.4 Å². The second-order valence-electron chi connectivity index (χ2n) is 8.24. The molecule has 25 heavy (non-hydrogen) atoms. The van der Waals surface area contributed by atoms with E-state index in [1.54, 1.807) is 4.90 Å². The summed E-state index contributed by atoms with van der Waals surface area (Å²) in [5.74, 6) is 1.68. The van der Waals surface area contributed by atoms with Gasteiger partial charge in [-0.05, 0) is 57.1 Å². The maximum absolute atomic E-state index is 12.2. The maximum atomic E-state index is 12.2. The molecule has 0 saturated carbocycles. The van der Waals surface area contributed by atoms with Crippen molar-refractivity contribution in [3.8, 4) is 5.75 Å². The minimum Gasteiger partial charge on any atom is -0.493 e. The van der Waals surface area contributed by atoms with Gasteiger partial charge in [-0.15, -0.1) is 0 Å². The Morgan fingerprint density at radius 2 is 1.92 bits per heavy atom. The van der Waals surface area contributed by atoms with Crippen molar-refractivity contribution < 1.29 is 14.3 Å². The number of ether oxygens (including phenoxy) is 2. The Morgan fingerprint density at radius 3 is 2.44 bits per heavy atom. The summed E-state index contributed by atoms with van der Waals surface area (Å²) in [6.45, 7) is 12.0. The summed E-state index contributed by atoms with van der Waals surface area (Å²) in [6, 6.07) is 5.98. The van der Waals surface area contributed by atoms with Crippen molar-refractivity contribution in [1.82, 2.24) is 4.90 Å². The van der Waals surface area contributed by atoms with Crippen molar-refractivity contribution in [1.29, 1.82) is 0 Å². The predicted octanol–water partition coefficient (Wildman–Crippen LogP) is 4.42. The van der Waals surface area contributed by atoms with Crippen LogP contribution in [0.25, 0.3) is 0 Å². The fourth-order valence-corrected chi connectivity index (χ4v) is 2.98. The standard InChI is InChI=1S/C20H32N2O3/c1-14(2)13-24-16-6-7-17(18(21)12-16)15-8-10-22(11-9-15)19(23)25-20(3,4)5/h6-7,12,14-15H,8-11,13,21H2,1-5H3. The molecule has 0 unspecified atom stereocenters. The predicted molar refractivity (Wildman–Crippen MR) is 101 cm³/mol. The summed E-state index contributed by atoms with van der Waals surface area (Å²) in [5.41, 5.74) is 7.73. The van der Waals surface area contributed by atoms with E-state index >= 15 is 0 Å². The molecule has 1 aromatic rings. The van der Waals surface area contributed by atoms with Crippen molar-refractivity contribution in [2.24, 2.45) is 5.92 Å². The molecule has 0 aromatic heterocycles. The van der Waals surface area contributed by atoms with Crippen LogP contribution in [0.2, 0.25) is 0 Å². The van der Waals surface area contributed by atoms with Gasteiger partial charge in [0.1, 0.15) is 11.4 Å². The number of hydrogen-bond donors (Lipinski definition) is 1. The molecule has 0 atom stereocenters. The molecule has 2 N–H and O–H groups in total. The van der Waals surface area contributed by atoms with Crippen molar-refractivity contribution in [2.45, 2.75) is 59.0 Å². The van der Waals surface area contributed by atoms with Crippen LogP contribution in [0.15, 0.2) is 18.2 Å². The van der Waals surface area contributed by atoms with Gasteiger partial charge in [0.25, 0.3) is 0 Å².